The number of hydrogen-bond donors (Lipinski definition) is 1. The zero-order chi connectivity index (χ0) is 19.0. The van der Waals surface area contributed by atoms with Crippen molar-refractivity contribution in [2.24, 2.45) is 11.2 Å². The molecule has 0 saturated heterocycles. The van der Waals surface area contributed by atoms with E-state index in [0.29, 0.717) is 12.0 Å². The van der Waals surface area contributed by atoms with Crippen LogP contribution in [0.1, 0.15) is 37.6 Å². The Morgan fingerprint density at radius 1 is 1.32 bits per heavy atom. The average molecular weight is 353 g/mol. The highest BCUT2D eigenvalue weighted by atomic mass is 16.8. The predicted octanol–water partition coefficient (Wildman–Crippen LogP) is 2.43. The molecule has 0 fully saturated rings. The number of carbonyl (C=O) groups excluding carboxylic acids is 1. The second-order valence-electron chi connectivity index (χ2n) is 5.52. The average Bonchev–Trinajstić information content (AvgIpc) is 2.59. The largest absolute Gasteiger partial charge is 0.569 e. The zero-order valence-electron chi connectivity index (χ0n) is 14.7. The van der Waals surface area contributed by atoms with Crippen molar-refractivity contribution >= 4 is 11.9 Å². The molecule has 1 N–H and O–H groups in total. The van der Waals surface area contributed by atoms with Crippen LogP contribution in [-0.2, 0) is 14.4 Å². The molecule has 9 nitrogen and oxygen atoms in total. The molecule has 25 heavy (non-hydrogen) atoms. The highest BCUT2D eigenvalue weighted by Gasteiger charge is 2.33. The summed E-state index contributed by atoms with van der Waals surface area (Å²) >= 11 is 0. The van der Waals surface area contributed by atoms with Crippen molar-refractivity contribution in [1.29, 1.82) is 0 Å². The number of benzene rings is 1. The monoisotopic (exact) mass is 353 g/mol. The summed E-state index contributed by atoms with van der Waals surface area (Å²) in [5, 5.41) is 25.3. The quantitative estimate of drug-likeness (QED) is 0.238. The van der Waals surface area contributed by atoms with Gasteiger partial charge in [0.25, 0.3) is 6.29 Å². The van der Waals surface area contributed by atoms with E-state index >= 15 is 0 Å². The van der Waals surface area contributed by atoms with Crippen LogP contribution in [0, 0.1) is 11.1 Å². The van der Waals surface area contributed by atoms with Crippen LogP contribution < -0.4 is 0 Å². The van der Waals surface area contributed by atoms with Crippen LogP contribution in [0.5, 0.6) is 0 Å². The lowest BCUT2D eigenvalue weighted by Crippen LogP contribution is -2.46. The molecule has 0 bridgehead atoms. The molecule has 0 heterocycles. The lowest BCUT2D eigenvalue weighted by molar-refractivity contribution is -0.713. The summed E-state index contributed by atoms with van der Waals surface area (Å²) < 4.78 is 4.99. The molecule has 9 heteroatoms. The molecule has 0 aliphatic heterocycles. The van der Waals surface area contributed by atoms with Gasteiger partial charge < -0.3 is 15.1 Å². The maximum Gasteiger partial charge on any atom is 0.341 e. The van der Waals surface area contributed by atoms with Crippen LogP contribution in [0.15, 0.2) is 35.6 Å². The van der Waals surface area contributed by atoms with Crippen LogP contribution in [0.4, 0.5) is 0 Å². The Hall–Kier alpha value is -2.84. The Kier molecular flexibility index (Phi) is 7.64. The molecule has 0 amide bonds. The van der Waals surface area contributed by atoms with Crippen molar-refractivity contribution in [2.75, 3.05) is 7.05 Å². The molecule has 1 unspecified atom stereocenters. The first kappa shape index (κ1) is 20.2. The van der Waals surface area contributed by atoms with E-state index in [9.17, 15) is 19.9 Å². The second-order valence-corrected chi connectivity index (χ2v) is 5.52. The van der Waals surface area contributed by atoms with Gasteiger partial charge >= 0.3 is 11.9 Å². The van der Waals surface area contributed by atoms with Crippen LogP contribution in [0.2, 0.25) is 0 Å². The number of esters is 1. The molecule has 0 aliphatic rings. The fraction of sp³-hybridized carbons (Fsp3) is 0.500. The molecule has 0 saturated carbocycles. The predicted molar refractivity (Wildman–Crippen MR) is 87.1 cm³/mol. The van der Waals surface area contributed by atoms with E-state index < -0.39 is 24.3 Å². The van der Waals surface area contributed by atoms with Crippen LogP contribution in [-0.4, -0.2) is 46.4 Å². The summed E-state index contributed by atoms with van der Waals surface area (Å²) in [4.78, 5) is 28.0. The van der Waals surface area contributed by atoms with E-state index in [1.54, 1.807) is 37.3 Å². The van der Waals surface area contributed by atoms with Crippen LogP contribution >= 0.6 is 0 Å². The fourth-order valence-corrected chi connectivity index (χ4v) is 2.08. The number of hydrogen-bond acceptors (Lipinski definition) is 6. The van der Waals surface area contributed by atoms with Gasteiger partial charge in [-0.05, 0) is 18.1 Å². The third-order valence-corrected chi connectivity index (χ3v) is 3.66. The van der Waals surface area contributed by atoms with Gasteiger partial charge in [-0.1, -0.05) is 38.5 Å². The number of nitrogens with zero attached hydrogens (tertiary/aromatic N) is 3. The van der Waals surface area contributed by atoms with Crippen molar-refractivity contribution in [3.8, 4) is 0 Å². The van der Waals surface area contributed by atoms with Crippen molar-refractivity contribution < 1.29 is 29.2 Å². The number of carboxylic acid groups (broad SMARTS) is 1. The van der Waals surface area contributed by atoms with Crippen LogP contribution in [0.25, 0.3) is 0 Å². The summed E-state index contributed by atoms with van der Waals surface area (Å²) in [5.41, 5.74) is 0.330. The Morgan fingerprint density at radius 2 is 1.92 bits per heavy atom. The standard InChI is InChI=1S/C16H23N3O6/c1-5-11(2)14(15(20)21)18(4)19(23)17-25-12(3)24-16(22)13-9-7-6-8-10-13/h6-12,14H,5H2,1-4H3,(H,20,21)/b19-17-/t11-,12?,14+/m1/s1. The number of carboxylic acids is 1. The molecular formula is C16H23N3O6. The molecule has 138 valence electrons. The Labute approximate surface area is 146 Å². The molecule has 1 rings (SSSR count). The van der Waals surface area contributed by atoms with Gasteiger partial charge in [-0.3, -0.25) is 4.84 Å². The molecule has 0 aromatic heterocycles. The van der Waals surface area contributed by atoms with E-state index in [2.05, 4.69) is 5.28 Å². The maximum atomic E-state index is 11.9. The minimum atomic E-state index is -1.14. The highest BCUT2D eigenvalue weighted by Crippen LogP contribution is 2.14. The minimum Gasteiger partial charge on any atom is -0.569 e. The van der Waals surface area contributed by atoms with Gasteiger partial charge in [-0.2, -0.15) is 0 Å². The summed E-state index contributed by atoms with van der Waals surface area (Å²) in [6.45, 7) is 4.93. The molecule has 1 aromatic rings. The first-order chi connectivity index (χ1) is 11.8. The third-order valence-electron chi connectivity index (χ3n) is 3.66. The number of ether oxygens (including phenoxy) is 1. The lowest BCUT2D eigenvalue weighted by atomic mass is 9.99. The van der Waals surface area contributed by atoms with Gasteiger partial charge in [0.2, 0.25) is 5.28 Å². The normalized spacial score (nSPS) is 15.0. The fourth-order valence-electron chi connectivity index (χ4n) is 2.08. The minimum absolute atomic E-state index is 0.0256. The first-order valence-electron chi connectivity index (χ1n) is 7.83. The van der Waals surface area contributed by atoms with E-state index in [4.69, 9.17) is 9.57 Å². The number of hydrazine groups is 1. The van der Waals surface area contributed by atoms with Crippen molar-refractivity contribution in [3.05, 3.63) is 41.1 Å². The smallest absolute Gasteiger partial charge is 0.341 e. The maximum absolute atomic E-state index is 11.9. The van der Waals surface area contributed by atoms with Crippen molar-refractivity contribution in [2.45, 2.75) is 39.5 Å². The SMILES string of the molecule is CC[C@@H](C)[C@@H](C(=O)O)N(C)/[N+]([O-])=N/OC(C)OC(=O)c1ccccc1. The van der Waals surface area contributed by atoms with Gasteiger partial charge in [-0.25, -0.2) is 9.59 Å². The third kappa shape index (κ3) is 5.94. The van der Waals surface area contributed by atoms with E-state index in [1.807, 2.05) is 6.92 Å². The van der Waals surface area contributed by atoms with Crippen molar-refractivity contribution in [3.63, 3.8) is 0 Å². The Morgan fingerprint density at radius 3 is 2.44 bits per heavy atom. The van der Waals surface area contributed by atoms with Crippen LogP contribution in [0.3, 0.4) is 0 Å². The summed E-state index contributed by atoms with van der Waals surface area (Å²) in [7, 11) is 1.30. The molecule has 0 aliphatic carbocycles. The van der Waals surface area contributed by atoms with Gasteiger partial charge in [-0.15, -0.1) is 5.01 Å². The lowest BCUT2D eigenvalue weighted by Gasteiger charge is -2.24. The molecule has 0 radical (unpaired) electrons. The van der Waals surface area contributed by atoms with Gasteiger partial charge in [0, 0.05) is 6.92 Å². The summed E-state index contributed by atoms with van der Waals surface area (Å²) in [6, 6.07) is 7.21. The van der Waals surface area contributed by atoms with Gasteiger partial charge in [0.05, 0.1) is 17.6 Å². The summed E-state index contributed by atoms with van der Waals surface area (Å²) in [5.74, 6) is -2.05. The molecule has 3 atom stereocenters. The van der Waals surface area contributed by atoms with E-state index in [-0.39, 0.29) is 10.9 Å². The second kappa shape index (κ2) is 9.45. The molecule has 1 aromatic carbocycles. The Balaban J connectivity index is 2.66. The van der Waals surface area contributed by atoms with E-state index in [0.717, 1.165) is 5.01 Å². The summed E-state index contributed by atoms with van der Waals surface area (Å²) in [6.07, 6.45) is -0.550. The highest BCUT2D eigenvalue weighted by molar-refractivity contribution is 5.89. The topological polar surface area (TPSA) is 114 Å². The van der Waals surface area contributed by atoms with Gasteiger partial charge in [0.1, 0.15) is 0 Å². The first-order valence-corrected chi connectivity index (χ1v) is 7.83. The molecular weight excluding hydrogens is 330 g/mol. The van der Waals surface area contributed by atoms with E-state index in [1.165, 1.54) is 14.0 Å². The zero-order valence-corrected chi connectivity index (χ0v) is 14.7. The molecule has 0 spiro atoms. The van der Waals surface area contributed by atoms with Crippen molar-refractivity contribution in [1.82, 2.24) is 5.01 Å². The Bertz CT molecular complexity index is 607. The number of aliphatic carboxylic acids is 1. The number of carbonyl (C=O) groups is 2. The number of rotatable bonds is 9. The van der Waals surface area contributed by atoms with Gasteiger partial charge in [0.15, 0.2) is 6.04 Å². The number of likely N-dealkylation sites (N-methyl/N-ethyl adjacent to an activating group) is 1.